The van der Waals surface area contributed by atoms with Gasteiger partial charge in [0.2, 0.25) is 0 Å². The Kier molecular flexibility index (Phi) is 4.46. The normalized spacial score (nSPS) is 11.6. The number of nitrogens with zero attached hydrogens (tertiary/aromatic N) is 8. The van der Waals surface area contributed by atoms with Crippen molar-refractivity contribution in [2.45, 2.75) is 54.3 Å². The quantitative estimate of drug-likeness (QED) is 0.689. The summed E-state index contributed by atoms with van der Waals surface area (Å²) < 4.78 is 5.70. The van der Waals surface area contributed by atoms with Crippen molar-refractivity contribution in [2.75, 3.05) is 0 Å². The van der Waals surface area contributed by atoms with E-state index in [1.54, 1.807) is 11.0 Å². The molecular weight excluding hydrogens is 304 g/mol. The van der Waals surface area contributed by atoms with Gasteiger partial charge in [-0.15, -0.1) is 5.10 Å². The molecule has 8 heteroatoms. The lowest BCUT2D eigenvalue weighted by atomic mass is 10.2. The van der Waals surface area contributed by atoms with Crippen molar-refractivity contribution >= 4 is 0 Å². The molecule has 3 rings (SSSR count). The van der Waals surface area contributed by atoms with Gasteiger partial charge in [0, 0.05) is 12.2 Å². The number of aromatic nitrogens is 8. The van der Waals surface area contributed by atoms with Crippen LogP contribution in [0.25, 0.3) is 0 Å². The lowest BCUT2D eigenvalue weighted by Gasteiger charge is -2.08. The number of hydrogen-bond donors (Lipinski definition) is 0. The van der Waals surface area contributed by atoms with Crippen molar-refractivity contribution in [3.63, 3.8) is 0 Å². The lowest BCUT2D eigenvalue weighted by molar-refractivity contribution is 0.455. The SMILES string of the molecule is Cc1nn(Cc2cn(Cc3ncnn3CC(C)C)nn2)c(C)c1C. The van der Waals surface area contributed by atoms with E-state index < -0.39 is 0 Å². The van der Waals surface area contributed by atoms with Crippen LogP contribution in [-0.4, -0.2) is 39.5 Å². The maximum atomic E-state index is 4.55. The summed E-state index contributed by atoms with van der Waals surface area (Å²) in [7, 11) is 0. The summed E-state index contributed by atoms with van der Waals surface area (Å²) in [6.07, 6.45) is 3.54. The van der Waals surface area contributed by atoms with Crippen LogP contribution in [-0.2, 0) is 19.6 Å². The van der Waals surface area contributed by atoms with Gasteiger partial charge in [-0.3, -0.25) is 4.68 Å². The molecule has 24 heavy (non-hydrogen) atoms. The molecule has 3 aromatic heterocycles. The van der Waals surface area contributed by atoms with Crippen molar-refractivity contribution < 1.29 is 0 Å². The topological polar surface area (TPSA) is 79.2 Å². The smallest absolute Gasteiger partial charge is 0.148 e. The number of rotatable bonds is 6. The molecule has 0 unspecified atom stereocenters. The van der Waals surface area contributed by atoms with Crippen molar-refractivity contribution in [3.05, 3.63) is 41.0 Å². The van der Waals surface area contributed by atoms with Gasteiger partial charge in [0.1, 0.15) is 24.4 Å². The molecule has 0 atom stereocenters. The van der Waals surface area contributed by atoms with Crippen molar-refractivity contribution in [2.24, 2.45) is 5.92 Å². The van der Waals surface area contributed by atoms with Crippen LogP contribution in [0.3, 0.4) is 0 Å². The van der Waals surface area contributed by atoms with Crippen molar-refractivity contribution in [1.29, 1.82) is 0 Å². The van der Waals surface area contributed by atoms with Crippen LogP contribution < -0.4 is 0 Å². The molecule has 3 heterocycles. The van der Waals surface area contributed by atoms with Gasteiger partial charge in [-0.05, 0) is 32.3 Å². The minimum absolute atomic E-state index is 0.519. The van der Waals surface area contributed by atoms with Crippen LogP contribution in [0, 0.1) is 26.7 Å². The molecule has 0 saturated carbocycles. The van der Waals surface area contributed by atoms with Gasteiger partial charge >= 0.3 is 0 Å². The molecule has 0 radical (unpaired) electrons. The first-order valence-electron chi connectivity index (χ1n) is 8.20. The second-order valence-corrected chi connectivity index (χ2v) is 6.61. The predicted octanol–water partition coefficient (Wildman–Crippen LogP) is 1.74. The molecule has 0 spiro atoms. The van der Waals surface area contributed by atoms with Gasteiger partial charge in [0.15, 0.2) is 0 Å². The van der Waals surface area contributed by atoms with E-state index in [0.29, 0.717) is 19.0 Å². The molecule has 0 amide bonds. The van der Waals surface area contributed by atoms with Crippen LogP contribution in [0.2, 0.25) is 0 Å². The van der Waals surface area contributed by atoms with Gasteiger partial charge in [-0.1, -0.05) is 19.1 Å². The Morgan fingerprint density at radius 3 is 2.54 bits per heavy atom. The summed E-state index contributed by atoms with van der Waals surface area (Å²) in [6, 6.07) is 0. The molecule has 0 aliphatic heterocycles. The van der Waals surface area contributed by atoms with E-state index in [9.17, 15) is 0 Å². The number of hydrogen-bond acceptors (Lipinski definition) is 5. The molecule has 0 saturated heterocycles. The minimum atomic E-state index is 0.519. The molecule has 0 N–H and O–H groups in total. The van der Waals surface area contributed by atoms with Gasteiger partial charge in [-0.2, -0.15) is 10.2 Å². The zero-order valence-corrected chi connectivity index (χ0v) is 14.9. The van der Waals surface area contributed by atoms with Crippen molar-refractivity contribution in [3.8, 4) is 0 Å². The zero-order chi connectivity index (χ0) is 17.3. The highest BCUT2D eigenvalue weighted by atomic mass is 15.4. The fourth-order valence-electron chi connectivity index (χ4n) is 2.64. The Bertz CT molecular complexity index is 823. The van der Waals surface area contributed by atoms with Crippen molar-refractivity contribution in [1.82, 2.24) is 39.5 Å². The Morgan fingerprint density at radius 1 is 1.08 bits per heavy atom. The van der Waals surface area contributed by atoms with Crippen LogP contribution in [0.5, 0.6) is 0 Å². The number of aryl methyl sites for hydroxylation is 1. The summed E-state index contributed by atoms with van der Waals surface area (Å²) in [5.74, 6) is 1.41. The van der Waals surface area contributed by atoms with Gasteiger partial charge < -0.3 is 0 Å². The van der Waals surface area contributed by atoms with E-state index in [-0.39, 0.29) is 0 Å². The largest absolute Gasteiger partial charge is 0.263 e. The van der Waals surface area contributed by atoms with Gasteiger partial charge in [-0.25, -0.2) is 14.3 Å². The molecule has 0 bridgehead atoms. The Balaban J connectivity index is 1.72. The molecule has 128 valence electrons. The highest BCUT2D eigenvalue weighted by molar-refractivity contribution is 5.22. The van der Waals surface area contributed by atoms with Crippen LogP contribution in [0.4, 0.5) is 0 Å². The summed E-state index contributed by atoms with van der Waals surface area (Å²) in [4.78, 5) is 4.33. The average molecular weight is 328 g/mol. The Hall–Kier alpha value is -2.51. The summed E-state index contributed by atoms with van der Waals surface area (Å²) in [6.45, 7) is 12.6. The molecule has 0 fully saturated rings. The average Bonchev–Trinajstić information content (AvgIpc) is 3.19. The van der Waals surface area contributed by atoms with E-state index in [1.165, 1.54) is 11.3 Å². The van der Waals surface area contributed by atoms with E-state index in [0.717, 1.165) is 23.8 Å². The summed E-state index contributed by atoms with van der Waals surface area (Å²) in [5.41, 5.74) is 4.33. The highest BCUT2D eigenvalue weighted by Gasteiger charge is 2.11. The van der Waals surface area contributed by atoms with E-state index in [1.807, 2.05) is 22.5 Å². The Labute approximate surface area is 141 Å². The monoisotopic (exact) mass is 328 g/mol. The molecule has 3 aromatic rings. The molecule has 0 aliphatic carbocycles. The molecule has 0 aromatic carbocycles. The standard InChI is InChI=1S/C16H24N8/c1-11(2)6-24-16(17-10-18-24)9-22-7-15(19-21-22)8-23-14(5)12(3)13(4)20-23/h7,10-11H,6,8-9H2,1-5H3. The first-order valence-corrected chi connectivity index (χ1v) is 8.20. The van der Waals surface area contributed by atoms with Crippen LogP contribution in [0.15, 0.2) is 12.5 Å². The lowest BCUT2D eigenvalue weighted by Crippen LogP contribution is -2.13. The summed E-state index contributed by atoms with van der Waals surface area (Å²) in [5, 5.41) is 17.3. The van der Waals surface area contributed by atoms with E-state index in [2.05, 4.69) is 53.2 Å². The van der Waals surface area contributed by atoms with Crippen LogP contribution >= 0.6 is 0 Å². The third kappa shape index (κ3) is 3.37. The molecule has 0 aliphatic rings. The van der Waals surface area contributed by atoms with Crippen LogP contribution in [0.1, 0.15) is 42.3 Å². The Morgan fingerprint density at radius 2 is 1.88 bits per heavy atom. The highest BCUT2D eigenvalue weighted by Crippen LogP contribution is 2.12. The molecule has 8 nitrogen and oxygen atoms in total. The van der Waals surface area contributed by atoms with E-state index in [4.69, 9.17) is 0 Å². The third-order valence-electron chi connectivity index (χ3n) is 4.18. The fourth-order valence-corrected chi connectivity index (χ4v) is 2.64. The minimum Gasteiger partial charge on any atom is -0.263 e. The second kappa shape index (κ2) is 6.54. The zero-order valence-electron chi connectivity index (χ0n) is 14.9. The van der Waals surface area contributed by atoms with Gasteiger partial charge in [0.05, 0.1) is 18.4 Å². The maximum Gasteiger partial charge on any atom is 0.148 e. The van der Waals surface area contributed by atoms with E-state index >= 15 is 0 Å². The first kappa shape index (κ1) is 16.4. The predicted molar refractivity (Wildman–Crippen MR) is 89.5 cm³/mol. The maximum absolute atomic E-state index is 4.55. The first-order chi connectivity index (χ1) is 11.4. The fraction of sp³-hybridized carbons (Fsp3) is 0.562. The molecular formula is C16H24N8. The third-order valence-corrected chi connectivity index (χ3v) is 4.18. The summed E-state index contributed by atoms with van der Waals surface area (Å²) >= 11 is 0. The van der Waals surface area contributed by atoms with Gasteiger partial charge in [0.25, 0.3) is 0 Å². The second-order valence-electron chi connectivity index (χ2n) is 6.61.